The average Bonchev–Trinajstić information content (AvgIpc) is 2.76. The molecule has 0 unspecified atom stereocenters. The van der Waals surface area contributed by atoms with Crippen molar-refractivity contribution < 1.29 is 9.59 Å². The lowest BCUT2D eigenvalue weighted by molar-refractivity contribution is -0.131. The number of rotatable bonds is 7. The summed E-state index contributed by atoms with van der Waals surface area (Å²) < 4.78 is 0. The Labute approximate surface area is 97.4 Å². The second kappa shape index (κ2) is 7.25. The second-order valence-electron chi connectivity index (χ2n) is 4.35. The van der Waals surface area contributed by atoms with Gasteiger partial charge in [-0.25, -0.2) is 0 Å². The van der Waals surface area contributed by atoms with Crippen molar-refractivity contribution in [1.82, 2.24) is 10.2 Å². The monoisotopic (exact) mass is 226 g/mol. The van der Waals surface area contributed by atoms with E-state index in [0.717, 1.165) is 38.8 Å². The van der Waals surface area contributed by atoms with Crippen LogP contribution in [0.4, 0.5) is 0 Å². The molecule has 0 radical (unpaired) electrons. The van der Waals surface area contributed by atoms with E-state index in [1.165, 1.54) is 19.3 Å². The van der Waals surface area contributed by atoms with Crippen molar-refractivity contribution in [3.63, 3.8) is 0 Å². The van der Waals surface area contributed by atoms with Gasteiger partial charge in [-0.1, -0.05) is 26.2 Å². The van der Waals surface area contributed by atoms with Crippen molar-refractivity contribution in [3.05, 3.63) is 0 Å². The van der Waals surface area contributed by atoms with E-state index in [1.54, 1.807) is 4.90 Å². The van der Waals surface area contributed by atoms with E-state index in [1.807, 2.05) is 0 Å². The van der Waals surface area contributed by atoms with Gasteiger partial charge in [0.1, 0.15) is 6.04 Å². The molecule has 1 aliphatic heterocycles. The van der Waals surface area contributed by atoms with Crippen molar-refractivity contribution in [2.75, 3.05) is 13.1 Å². The summed E-state index contributed by atoms with van der Waals surface area (Å²) in [5, 5.41) is 2.91. The summed E-state index contributed by atoms with van der Waals surface area (Å²) in [5.74, 6) is 0.0149. The van der Waals surface area contributed by atoms with Crippen LogP contribution < -0.4 is 5.32 Å². The Morgan fingerprint density at radius 1 is 1.44 bits per heavy atom. The predicted octanol–water partition coefficient (Wildman–Crippen LogP) is 1.30. The minimum atomic E-state index is -0.219. The summed E-state index contributed by atoms with van der Waals surface area (Å²) in [6.45, 7) is 3.62. The van der Waals surface area contributed by atoms with E-state index in [-0.39, 0.29) is 11.9 Å². The Morgan fingerprint density at radius 2 is 2.25 bits per heavy atom. The number of hydrogen-bond donors (Lipinski definition) is 1. The third kappa shape index (κ3) is 3.83. The van der Waals surface area contributed by atoms with E-state index in [0.29, 0.717) is 0 Å². The molecule has 0 aromatic carbocycles. The summed E-state index contributed by atoms with van der Waals surface area (Å²) >= 11 is 0. The molecule has 4 nitrogen and oxygen atoms in total. The molecule has 16 heavy (non-hydrogen) atoms. The van der Waals surface area contributed by atoms with Gasteiger partial charge in [0.25, 0.3) is 0 Å². The molecular weight excluding hydrogens is 204 g/mol. The highest BCUT2D eigenvalue weighted by atomic mass is 16.2. The maximum absolute atomic E-state index is 11.7. The standard InChI is InChI=1S/C12H22N2O2/c1-2-3-4-5-8-13-12(16)11-7-6-9-14(11)10-15/h10-11H,2-9H2,1H3,(H,13,16)/t11-/m0/s1. The fraction of sp³-hybridized carbons (Fsp3) is 0.833. The molecular formula is C12H22N2O2. The van der Waals surface area contributed by atoms with E-state index in [2.05, 4.69) is 12.2 Å². The average molecular weight is 226 g/mol. The van der Waals surface area contributed by atoms with Gasteiger partial charge in [-0.15, -0.1) is 0 Å². The third-order valence-electron chi connectivity index (χ3n) is 3.06. The van der Waals surface area contributed by atoms with Crippen molar-refractivity contribution in [1.29, 1.82) is 0 Å². The minimum absolute atomic E-state index is 0.0149. The maximum Gasteiger partial charge on any atom is 0.242 e. The number of carbonyl (C=O) groups is 2. The fourth-order valence-electron chi connectivity index (χ4n) is 2.08. The lowest BCUT2D eigenvalue weighted by Gasteiger charge is -2.18. The molecule has 4 heteroatoms. The van der Waals surface area contributed by atoms with Crippen LogP contribution in [-0.2, 0) is 9.59 Å². The maximum atomic E-state index is 11.7. The van der Waals surface area contributed by atoms with Crippen LogP contribution in [0.1, 0.15) is 45.4 Å². The van der Waals surface area contributed by atoms with Crippen molar-refractivity contribution in [3.8, 4) is 0 Å². The first-order valence-corrected chi connectivity index (χ1v) is 6.28. The summed E-state index contributed by atoms with van der Waals surface area (Å²) in [7, 11) is 0. The normalized spacial score (nSPS) is 19.8. The molecule has 0 aromatic heterocycles. The molecule has 0 saturated carbocycles. The molecule has 1 aliphatic rings. The number of hydrogen-bond acceptors (Lipinski definition) is 2. The summed E-state index contributed by atoms with van der Waals surface area (Å²) in [6.07, 6.45) is 7.15. The van der Waals surface area contributed by atoms with E-state index in [9.17, 15) is 9.59 Å². The molecule has 0 aliphatic carbocycles. The highest BCUT2D eigenvalue weighted by Crippen LogP contribution is 2.14. The van der Waals surface area contributed by atoms with Gasteiger partial charge in [0.15, 0.2) is 0 Å². The predicted molar refractivity (Wildman–Crippen MR) is 62.9 cm³/mol. The lowest BCUT2D eigenvalue weighted by atomic mass is 10.2. The van der Waals surface area contributed by atoms with Gasteiger partial charge >= 0.3 is 0 Å². The van der Waals surface area contributed by atoms with Crippen LogP contribution >= 0.6 is 0 Å². The van der Waals surface area contributed by atoms with Crippen LogP contribution in [0.15, 0.2) is 0 Å². The molecule has 1 heterocycles. The minimum Gasteiger partial charge on any atom is -0.354 e. The first kappa shape index (κ1) is 13.0. The zero-order valence-corrected chi connectivity index (χ0v) is 10.1. The smallest absolute Gasteiger partial charge is 0.242 e. The molecule has 2 amide bonds. The molecule has 0 aromatic rings. The van der Waals surface area contributed by atoms with Gasteiger partial charge in [0.2, 0.25) is 12.3 Å². The fourth-order valence-corrected chi connectivity index (χ4v) is 2.08. The number of amides is 2. The Hall–Kier alpha value is -1.06. The number of likely N-dealkylation sites (tertiary alicyclic amines) is 1. The zero-order chi connectivity index (χ0) is 11.8. The largest absolute Gasteiger partial charge is 0.354 e. The molecule has 1 saturated heterocycles. The van der Waals surface area contributed by atoms with Crippen molar-refractivity contribution >= 4 is 12.3 Å². The molecule has 0 spiro atoms. The van der Waals surface area contributed by atoms with Crippen LogP contribution in [0, 0.1) is 0 Å². The van der Waals surface area contributed by atoms with Crippen molar-refractivity contribution in [2.45, 2.75) is 51.5 Å². The molecule has 1 rings (SSSR count). The first-order valence-electron chi connectivity index (χ1n) is 6.28. The lowest BCUT2D eigenvalue weighted by Crippen LogP contribution is -2.42. The molecule has 0 bridgehead atoms. The Bertz CT molecular complexity index is 231. The first-order chi connectivity index (χ1) is 7.79. The second-order valence-corrected chi connectivity index (χ2v) is 4.35. The Kier molecular flexibility index (Phi) is 5.90. The molecule has 92 valence electrons. The van der Waals surface area contributed by atoms with Gasteiger partial charge in [0, 0.05) is 13.1 Å². The van der Waals surface area contributed by atoms with Crippen LogP contribution in [-0.4, -0.2) is 36.3 Å². The molecule has 1 atom stereocenters. The molecule has 1 fully saturated rings. The summed E-state index contributed by atoms with van der Waals surface area (Å²) in [4.78, 5) is 24.0. The number of nitrogens with one attached hydrogen (secondary N) is 1. The van der Waals surface area contributed by atoms with E-state index >= 15 is 0 Å². The van der Waals surface area contributed by atoms with Gasteiger partial charge in [0.05, 0.1) is 0 Å². The van der Waals surface area contributed by atoms with Crippen LogP contribution in [0.5, 0.6) is 0 Å². The summed E-state index contributed by atoms with van der Waals surface area (Å²) in [5.41, 5.74) is 0. The molecule has 1 N–H and O–H groups in total. The number of nitrogens with zero attached hydrogens (tertiary/aromatic N) is 1. The van der Waals surface area contributed by atoms with E-state index in [4.69, 9.17) is 0 Å². The van der Waals surface area contributed by atoms with Crippen molar-refractivity contribution in [2.24, 2.45) is 0 Å². The van der Waals surface area contributed by atoms with Gasteiger partial charge < -0.3 is 10.2 Å². The van der Waals surface area contributed by atoms with Crippen LogP contribution in [0.25, 0.3) is 0 Å². The van der Waals surface area contributed by atoms with Crippen LogP contribution in [0.2, 0.25) is 0 Å². The number of carbonyl (C=O) groups excluding carboxylic acids is 2. The topological polar surface area (TPSA) is 49.4 Å². The van der Waals surface area contributed by atoms with Gasteiger partial charge in [-0.05, 0) is 19.3 Å². The SMILES string of the molecule is CCCCCCNC(=O)[C@@H]1CCCN1C=O. The third-order valence-corrected chi connectivity index (χ3v) is 3.06. The highest BCUT2D eigenvalue weighted by molar-refractivity contribution is 5.83. The Balaban J connectivity index is 2.16. The van der Waals surface area contributed by atoms with E-state index < -0.39 is 0 Å². The number of unbranched alkanes of at least 4 members (excludes halogenated alkanes) is 3. The van der Waals surface area contributed by atoms with Gasteiger partial charge in [-0.3, -0.25) is 9.59 Å². The van der Waals surface area contributed by atoms with Crippen LogP contribution in [0.3, 0.4) is 0 Å². The van der Waals surface area contributed by atoms with Gasteiger partial charge in [-0.2, -0.15) is 0 Å². The quantitative estimate of drug-likeness (QED) is 0.525. The highest BCUT2D eigenvalue weighted by Gasteiger charge is 2.28. The summed E-state index contributed by atoms with van der Waals surface area (Å²) in [6, 6.07) is -0.219. The Morgan fingerprint density at radius 3 is 2.94 bits per heavy atom. The zero-order valence-electron chi connectivity index (χ0n) is 10.1.